The lowest BCUT2D eigenvalue weighted by atomic mass is 9.77. The highest BCUT2D eigenvalue weighted by molar-refractivity contribution is 5.78. The van der Waals surface area contributed by atoms with Crippen LogP contribution in [0.4, 0.5) is 5.69 Å². The van der Waals surface area contributed by atoms with Gasteiger partial charge in [-0.25, -0.2) is 0 Å². The molecule has 1 aliphatic carbocycles. The van der Waals surface area contributed by atoms with Crippen LogP contribution in [0.25, 0.3) is 0 Å². The summed E-state index contributed by atoms with van der Waals surface area (Å²) >= 11 is 0. The van der Waals surface area contributed by atoms with Crippen molar-refractivity contribution in [3.8, 4) is 5.75 Å². The van der Waals surface area contributed by atoms with Gasteiger partial charge in [-0.15, -0.1) is 0 Å². The van der Waals surface area contributed by atoms with E-state index in [4.69, 9.17) is 10.5 Å². The van der Waals surface area contributed by atoms with Crippen molar-refractivity contribution in [2.24, 2.45) is 5.92 Å². The van der Waals surface area contributed by atoms with Crippen molar-refractivity contribution in [1.82, 2.24) is 5.32 Å². The van der Waals surface area contributed by atoms with Crippen LogP contribution in [-0.2, 0) is 4.79 Å². The number of carbonyl (C=O) groups is 1. The van der Waals surface area contributed by atoms with Crippen molar-refractivity contribution in [3.05, 3.63) is 24.3 Å². The molecule has 2 rings (SSSR count). The average molecular weight is 292 g/mol. The first-order valence-electron chi connectivity index (χ1n) is 7.44. The number of nitrogens with one attached hydrogen (secondary N) is 1. The summed E-state index contributed by atoms with van der Waals surface area (Å²) in [5.41, 5.74) is 5.78. The summed E-state index contributed by atoms with van der Waals surface area (Å²) in [5.74, 6) is 0.937. The number of hydrogen-bond donors (Lipinski definition) is 3. The van der Waals surface area contributed by atoms with Crippen molar-refractivity contribution in [1.29, 1.82) is 0 Å². The maximum absolute atomic E-state index is 12.1. The molecule has 1 amide bonds. The Morgan fingerprint density at radius 3 is 2.71 bits per heavy atom. The fourth-order valence-electron chi connectivity index (χ4n) is 2.72. The third kappa shape index (κ3) is 4.11. The Labute approximate surface area is 125 Å². The summed E-state index contributed by atoms with van der Waals surface area (Å²) in [4.78, 5) is 12.1. The normalized spacial score (nSPS) is 25.3. The first-order valence-corrected chi connectivity index (χ1v) is 7.44. The van der Waals surface area contributed by atoms with Gasteiger partial charge in [0.2, 0.25) is 0 Å². The Balaban J connectivity index is 1.87. The highest BCUT2D eigenvalue weighted by Crippen LogP contribution is 2.31. The molecule has 0 aliphatic heterocycles. The van der Waals surface area contributed by atoms with Crippen LogP contribution in [0.2, 0.25) is 0 Å². The maximum Gasteiger partial charge on any atom is 0.258 e. The lowest BCUT2D eigenvalue weighted by Gasteiger charge is -2.38. The summed E-state index contributed by atoms with van der Waals surface area (Å²) < 4.78 is 5.43. The Bertz CT molecular complexity index is 482. The van der Waals surface area contributed by atoms with Crippen LogP contribution in [0.15, 0.2) is 24.3 Å². The first-order chi connectivity index (χ1) is 10.0. The third-order valence-corrected chi connectivity index (χ3v) is 4.22. The van der Waals surface area contributed by atoms with Gasteiger partial charge in [0.1, 0.15) is 5.75 Å². The van der Waals surface area contributed by atoms with Crippen LogP contribution in [0.5, 0.6) is 5.75 Å². The van der Waals surface area contributed by atoms with Crippen molar-refractivity contribution in [2.75, 3.05) is 18.9 Å². The van der Waals surface area contributed by atoms with E-state index in [0.29, 0.717) is 17.4 Å². The minimum absolute atomic E-state index is 0.0288. The largest absolute Gasteiger partial charge is 0.482 e. The second kappa shape index (κ2) is 6.80. The Morgan fingerprint density at radius 1 is 1.43 bits per heavy atom. The van der Waals surface area contributed by atoms with E-state index in [1.165, 1.54) is 0 Å². The molecule has 5 heteroatoms. The summed E-state index contributed by atoms with van der Waals surface area (Å²) in [6, 6.07) is 7.07. The molecular weight excluding hydrogens is 268 g/mol. The standard InChI is InChI=1S/C16H24N2O3/c1-12-6-8-16(11-19,9-7-12)18-15(20)10-21-14-5-3-2-4-13(14)17/h2-5,12,19H,6-11,17H2,1H3,(H,18,20). The summed E-state index contributed by atoms with van der Waals surface area (Å²) in [6.07, 6.45) is 3.66. The van der Waals surface area contributed by atoms with Crippen LogP contribution in [0.3, 0.4) is 0 Å². The smallest absolute Gasteiger partial charge is 0.258 e. The molecule has 5 nitrogen and oxygen atoms in total. The second-order valence-corrected chi connectivity index (χ2v) is 6.00. The molecule has 0 bridgehead atoms. The van der Waals surface area contributed by atoms with Gasteiger partial charge in [0.05, 0.1) is 17.8 Å². The molecule has 0 atom stereocenters. The van der Waals surface area contributed by atoms with Crippen molar-refractivity contribution < 1.29 is 14.6 Å². The van der Waals surface area contributed by atoms with Gasteiger partial charge in [-0.05, 0) is 43.7 Å². The Kier molecular flexibility index (Phi) is 5.07. The maximum atomic E-state index is 12.1. The molecule has 0 spiro atoms. The van der Waals surface area contributed by atoms with Gasteiger partial charge in [0.25, 0.3) is 5.91 Å². The number of anilines is 1. The molecule has 0 radical (unpaired) electrons. The number of hydrogen-bond acceptors (Lipinski definition) is 4. The van der Waals surface area contributed by atoms with Crippen molar-refractivity contribution in [2.45, 2.75) is 38.1 Å². The van der Waals surface area contributed by atoms with Crippen LogP contribution in [0.1, 0.15) is 32.6 Å². The SMILES string of the molecule is CC1CCC(CO)(NC(=O)COc2ccccc2N)CC1. The number of aliphatic hydroxyl groups is 1. The van der Waals surface area contributed by atoms with Crippen molar-refractivity contribution in [3.63, 3.8) is 0 Å². The molecule has 21 heavy (non-hydrogen) atoms. The van der Waals surface area contributed by atoms with Crippen LogP contribution in [0, 0.1) is 5.92 Å². The first kappa shape index (κ1) is 15.6. The van der Waals surface area contributed by atoms with E-state index in [-0.39, 0.29) is 19.1 Å². The number of para-hydroxylation sites is 2. The Morgan fingerprint density at radius 2 is 2.10 bits per heavy atom. The fraction of sp³-hybridized carbons (Fsp3) is 0.562. The van der Waals surface area contributed by atoms with Crippen LogP contribution < -0.4 is 15.8 Å². The number of nitrogens with two attached hydrogens (primary N) is 1. The zero-order valence-electron chi connectivity index (χ0n) is 12.5. The van der Waals surface area contributed by atoms with Gasteiger partial charge in [-0.3, -0.25) is 4.79 Å². The summed E-state index contributed by atoms with van der Waals surface area (Å²) in [5, 5.41) is 12.6. The summed E-state index contributed by atoms with van der Waals surface area (Å²) in [7, 11) is 0. The molecule has 116 valence electrons. The predicted octanol–water partition coefficient (Wildman–Crippen LogP) is 1.70. The number of carbonyl (C=O) groups excluding carboxylic acids is 1. The number of nitrogen functional groups attached to an aromatic ring is 1. The lowest BCUT2D eigenvalue weighted by Crippen LogP contribution is -2.54. The van der Waals surface area contributed by atoms with Gasteiger partial charge < -0.3 is 20.9 Å². The van der Waals surface area contributed by atoms with Crippen LogP contribution >= 0.6 is 0 Å². The molecule has 1 aromatic carbocycles. The molecule has 1 saturated carbocycles. The highest BCUT2D eigenvalue weighted by Gasteiger charge is 2.34. The third-order valence-electron chi connectivity index (χ3n) is 4.22. The molecule has 0 unspecified atom stereocenters. The van der Waals surface area contributed by atoms with E-state index >= 15 is 0 Å². The Hall–Kier alpha value is -1.75. The molecule has 4 N–H and O–H groups in total. The molecule has 0 saturated heterocycles. The topological polar surface area (TPSA) is 84.6 Å². The number of aliphatic hydroxyl groups excluding tert-OH is 1. The van der Waals surface area contributed by atoms with Gasteiger partial charge in [-0.1, -0.05) is 19.1 Å². The van der Waals surface area contributed by atoms with E-state index in [0.717, 1.165) is 25.7 Å². The van der Waals surface area contributed by atoms with E-state index in [1.807, 2.05) is 6.07 Å². The van der Waals surface area contributed by atoms with E-state index in [2.05, 4.69) is 12.2 Å². The van der Waals surface area contributed by atoms with E-state index in [9.17, 15) is 9.90 Å². The van der Waals surface area contributed by atoms with Gasteiger partial charge >= 0.3 is 0 Å². The molecular formula is C16H24N2O3. The number of amides is 1. The molecule has 0 aromatic heterocycles. The minimum Gasteiger partial charge on any atom is -0.482 e. The number of benzene rings is 1. The highest BCUT2D eigenvalue weighted by atomic mass is 16.5. The van der Waals surface area contributed by atoms with Crippen LogP contribution in [-0.4, -0.2) is 29.8 Å². The zero-order valence-corrected chi connectivity index (χ0v) is 12.5. The van der Waals surface area contributed by atoms with E-state index in [1.54, 1.807) is 18.2 Å². The average Bonchev–Trinajstić information content (AvgIpc) is 2.49. The van der Waals surface area contributed by atoms with Gasteiger partial charge in [0, 0.05) is 0 Å². The monoisotopic (exact) mass is 292 g/mol. The second-order valence-electron chi connectivity index (χ2n) is 6.00. The quantitative estimate of drug-likeness (QED) is 0.721. The predicted molar refractivity (Wildman–Crippen MR) is 81.9 cm³/mol. The molecule has 0 heterocycles. The molecule has 1 aliphatic rings. The minimum atomic E-state index is -0.491. The molecule has 1 aromatic rings. The fourth-order valence-corrected chi connectivity index (χ4v) is 2.72. The van der Waals surface area contributed by atoms with Gasteiger partial charge in [0.15, 0.2) is 6.61 Å². The van der Waals surface area contributed by atoms with E-state index < -0.39 is 5.54 Å². The number of ether oxygens (including phenoxy) is 1. The zero-order chi connectivity index (χ0) is 15.3. The lowest BCUT2D eigenvalue weighted by molar-refractivity contribution is -0.126. The van der Waals surface area contributed by atoms with Gasteiger partial charge in [-0.2, -0.15) is 0 Å². The summed E-state index contributed by atoms with van der Waals surface area (Å²) in [6.45, 7) is 2.08. The molecule has 1 fully saturated rings. The number of rotatable bonds is 5. The van der Waals surface area contributed by atoms with Crippen molar-refractivity contribution >= 4 is 11.6 Å².